The zero-order chi connectivity index (χ0) is 44.0. The van der Waals surface area contributed by atoms with E-state index in [1.54, 1.807) is 18.2 Å². The summed E-state index contributed by atoms with van der Waals surface area (Å²) in [6.45, 7) is 7.83. The summed E-state index contributed by atoms with van der Waals surface area (Å²) in [6, 6.07) is 16.8. The number of nitrogens with zero attached hydrogens (tertiary/aromatic N) is 5. The Morgan fingerprint density at radius 3 is 1.32 bits per heavy atom. The highest BCUT2D eigenvalue weighted by Crippen LogP contribution is 2.26. The van der Waals surface area contributed by atoms with Crippen molar-refractivity contribution in [2.24, 2.45) is 23.5 Å². The average molecular weight is 905 g/mol. The van der Waals surface area contributed by atoms with E-state index in [-0.39, 0.29) is 21.4 Å². The quantitative estimate of drug-likeness (QED) is 0.0881. The van der Waals surface area contributed by atoms with Gasteiger partial charge >= 0.3 is 0 Å². The van der Waals surface area contributed by atoms with E-state index in [2.05, 4.69) is 31.2 Å². The van der Waals surface area contributed by atoms with Gasteiger partial charge in [0.2, 0.25) is 20.0 Å². The first-order valence-electron chi connectivity index (χ1n) is 18.7. The van der Waals surface area contributed by atoms with Crippen molar-refractivity contribution < 1.29 is 35.1 Å². The highest BCUT2D eigenvalue weighted by molar-refractivity contribution is 8.13. The smallest absolute Gasteiger partial charge is 0.289 e. The van der Waals surface area contributed by atoms with E-state index >= 15 is 0 Å². The Balaban J connectivity index is 0.000000220. The molecule has 0 saturated carbocycles. The number of likely N-dealkylation sites (tertiary alicyclic amines) is 3. The van der Waals surface area contributed by atoms with Crippen LogP contribution in [0.5, 0.6) is 0 Å². The minimum absolute atomic E-state index is 0.163. The third kappa shape index (κ3) is 15.9. The fourth-order valence-corrected chi connectivity index (χ4v) is 10.1. The molecular formula is C36H54ClN9O10S3. The standard InChI is InChI=1S/C12H17N3O4S.C12H19N3O2S.C6H4ClNO4S.C6H14N2/c1-14-7-6-10(9-14)8-13-20(18,19)12-5-3-2-4-11(12)15(16)17;1-15-7-6-10(9-15)8-14-18(16,17)12-5-3-2-4-11(12)13;7-13(11,12)6-4-2-1-3-5(6)8(9)10;1-8-3-2-6(4-7)5-8/h2-5,10,13H,6-9H2,1H3;2-5,10,14H,6-9,13H2,1H3;1-4H;6H,2-5,7H2,1H3. The second kappa shape index (κ2) is 22.7. The fourth-order valence-electron chi connectivity index (χ4n) is 6.59. The lowest BCUT2D eigenvalue weighted by molar-refractivity contribution is -0.388. The second-order valence-electron chi connectivity index (χ2n) is 14.6. The molecular weight excluding hydrogens is 850 g/mol. The number of halogens is 1. The molecule has 3 saturated heterocycles. The Labute approximate surface area is 350 Å². The summed E-state index contributed by atoms with van der Waals surface area (Å²) in [6.07, 6.45) is 3.26. The van der Waals surface area contributed by atoms with Crippen molar-refractivity contribution in [1.82, 2.24) is 24.1 Å². The van der Waals surface area contributed by atoms with Gasteiger partial charge in [-0.15, -0.1) is 0 Å². The fraction of sp³-hybridized carbons (Fsp3) is 0.500. The Morgan fingerprint density at radius 1 is 0.627 bits per heavy atom. The van der Waals surface area contributed by atoms with Gasteiger partial charge in [0.15, 0.2) is 9.79 Å². The van der Waals surface area contributed by atoms with Gasteiger partial charge in [0.05, 0.1) is 15.5 Å². The zero-order valence-corrected chi connectivity index (χ0v) is 36.4. The van der Waals surface area contributed by atoms with Crippen LogP contribution in [0.2, 0.25) is 0 Å². The lowest BCUT2D eigenvalue weighted by atomic mass is 10.1. The molecule has 3 aromatic rings. The molecule has 59 heavy (non-hydrogen) atoms. The van der Waals surface area contributed by atoms with Crippen LogP contribution in [-0.2, 0) is 29.1 Å². The van der Waals surface area contributed by atoms with Gasteiger partial charge in [-0.2, -0.15) is 0 Å². The van der Waals surface area contributed by atoms with Crippen molar-refractivity contribution in [2.75, 3.05) is 85.8 Å². The SMILES string of the molecule is CN1CCC(CN)C1.CN1CCC(CNS(=O)(=O)c2ccccc2N)C1.CN1CCC(CNS(=O)(=O)c2ccccc2[N+](=O)[O-])C1.O=[N+]([O-])c1ccccc1S(=O)(=O)Cl. The van der Waals surface area contributed by atoms with Crippen molar-refractivity contribution >= 4 is 56.8 Å². The summed E-state index contributed by atoms with van der Waals surface area (Å²) < 4.78 is 75.3. The molecule has 0 aromatic heterocycles. The van der Waals surface area contributed by atoms with Crippen LogP contribution in [0.4, 0.5) is 17.1 Å². The van der Waals surface area contributed by atoms with Gasteiger partial charge in [-0.3, -0.25) is 20.2 Å². The predicted octanol–water partition coefficient (Wildman–Crippen LogP) is 2.74. The molecule has 19 nitrogen and oxygen atoms in total. The Morgan fingerprint density at radius 2 is 0.983 bits per heavy atom. The normalized spacial score (nSPS) is 20.1. The van der Waals surface area contributed by atoms with Crippen LogP contribution in [0.1, 0.15) is 19.3 Å². The summed E-state index contributed by atoms with van der Waals surface area (Å²) in [4.78, 5) is 25.8. The number of nitrogens with two attached hydrogens (primary N) is 2. The number of nitrogen functional groups attached to an aromatic ring is 1. The van der Waals surface area contributed by atoms with Crippen molar-refractivity contribution in [3.8, 4) is 0 Å². The maximum atomic E-state index is 12.2. The van der Waals surface area contributed by atoms with Gasteiger partial charge in [-0.05, 0) is 109 Å². The number of nitro benzene ring substituents is 2. The number of rotatable bonds is 12. The summed E-state index contributed by atoms with van der Waals surface area (Å²) in [5, 5.41) is 21.2. The van der Waals surface area contributed by atoms with E-state index in [1.165, 1.54) is 62.0 Å². The second-order valence-corrected chi connectivity index (χ2v) is 20.6. The molecule has 0 amide bonds. The molecule has 0 aliphatic carbocycles. The number of hydrogen-bond acceptors (Lipinski definition) is 15. The van der Waals surface area contributed by atoms with E-state index in [1.807, 2.05) is 14.1 Å². The number of nitrogens with one attached hydrogen (secondary N) is 2. The van der Waals surface area contributed by atoms with Crippen LogP contribution in [0.3, 0.4) is 0 Å². The molecule has 3 atom stereocenters. The molecule has 6 rings (SSSR count). The Kier molecular flexibility index (Phi) is 19.0. The molecule has 3 aliphatic heterocycles. The highest BCUT2D eigenvalue weighted by atomic mass is 35.7. The Hall–Kier alpha value is -3.84. The average Bonchev–Trinajstić information content (AvgIpc) is 3.94. The maximum Gasteiger partial charge on any atom is 0.289 e. The Bertz CT molecular complexity index is 2200. The number of benzene rings is 3. The van der Waals surface area contributed by atoms with Crippen molar-refractivity contribution in [3.05, 3.63) is 93.0 Å². The highest BCUT2D eigenvalue weighted by Gasteiger charge is 2.28. The van der Waals surface area contributed by atoms with Crippen LogP contribution < -0.4 is 20.9 Å². The number of nitro groups is 2. The lowest BCUT2D eigenvalue weighted by Crippen LogP contribution is -2.31. The van der Waals surface area contributed by atoms with E-state index in [0.717, 1.165) is 63.6 Å². The van der Waals surface area contributed by atoms with E-state index < -0.39 is 55.2 Å². The first-order valence-corrected chi connectivity index (χ1v) is 23.9. The van der Waals surface area contributed by atoms with Crippen LogP contribution >= 0.6 is 10.7 Å². The third-order valence-corrected chi connectivity index (χ3v) is 14.1. The molecule has 3 heterocycles. The van der Waals surface area contributed by atoms with Crippen molar-refractivity contribution in [2.45, 2.75) is 33.9 Å². The first kappa shape index (κ1) is 49.5. The minimum atomic E-state index is -4.05. The third-order valence-electron chi connectivity index (χ3n) is 9.81. The molecule has 3 fully saturated rings. The largest absolute Gasteiger partial charge is 0.398 e. The number of anilines is 1. The van der Waals surface area contributed by atoms with Gasteiger partial charge in [0.1, 0.15) is 4.90 Å². The molecule has 328 valence electrons. The summed E-state index contributed by atoms with van der Waals surface area (Å²) in [5.41, 5.74) is 10.5. The summed E-state index contributed by atoms with van der Waals surface area (Å²) in [7, 11) is -0.236. The molecule has 3 aliphatic rings. The molecule has 0 bridgehead atoms. The summed E-state index contributed by atoms with van der Waals surface area (Å²) in [5.74, 6) is 1.41. The first-order chi connectivity index (χ1) is 27.6. The van der Waals surface area contributed by atoms with Gasteiger partial charge in [-0.1, -0.05) is 36.4 Å². The molecule has 0 radical (unpaired) electrons. The molecule has 6 N–H and O–H groups in total. The van der Waals surface area contributed by atoms with Crippen LogP contribution in [0.25, 0.3) is 0 Å². The van der Waals surface area contributed by atoms with Gasteiger partial charge in [0, 0.05) is 55.5 Å². The van der Waals surface area contributed by atoms with Crippen LogP contribution in [0, 0.1) is 38.0 Å². The molecule has 3 unspecified atom stereocenters. The number of hydrogen-bond donors (Lipinski definition) is 4. The number of sulfonamides is 2. The van der Waals surface area contributed by atoms with E-state index in [0.29, 0.717) is 19.0 Å². The molecule has 0 spiro atoms. The minimum Gasteiger partial charge on any atom is -0.398 e. The van der Waals surface area contributed by atoms with Crippen LogP contribution in [-0.4, -0.2) is 130 Å². The van der Waals surface area contributed by atoms with Gasteiger partial charge in [0.25, 0.3) is 20.4 Å². The maximum absolute atomic E-state index is 12.2. The van der Waals surface area contributed by atoms with Crippen molar-refractivity contribution in [1.29, 1.82) is 0 Å². The monoisotopic (exact) mass is 903 g/mol. The number of para-hydroxylation sites is 3. The van der Waals surface area contributed by atoms with Crippen molar-refractivity contribution in [3.63, 3.8) is 0 Å². The van der Waals surface area contributed by atoms with E-state index in [4.69, 9.17) is 22.1 Å². The van der Waals surface area contributed by atoms with Gasteiger partial charge < -0.3 is 26.2 Å². The molecule has 23 heteroatoms. The topological polar surface area (TPSA) is 275 Å². The summed E-state index contributed by atoms with van der Waals surface area (Å²) >= 11 is 0. The molecule has 3 aromatic carbocycles. The van der Waals surface area contributed by atoms with Crippen LogP contribution in [0.15, 0.2) is 87.5 Å². The van der Waals surface area contributed by atoms with Gasteiger partial charge in [-0.25, -0.2) is 34.7 Å². The zero-order valence-electron chi connectivity index (χ0n) is 33.2. The predicted molar refractivity (Wildman–Crippen MR) is 226 cm³/mol. The lowest BCUT2D eigenvalue weighted by Gasteiger charge is -2.13. The van der Waals surface area contributed by atoms with E-state index in [9.17, 15) is 45.5 Å².